The molecule has 1 fully saturated rings. The number of aromatic nitrogens is 4. The van der Waals surface area contributed by atoms with Gasteiger partial charge in [-0.25, -0.2) is 4.98 Å². The number of hydrogen-bond donors (Lipinski definition) is 3. The predicted octanol–water partition coefficient (Wildman–Crippen LogP) is 2.86. The van der Waals surface area contributed by atoms with E-state index in [1.807, 2.05) is 43.5 Å². The lowest BCUT2D eigenvalue weighted by atomic mass is 10.0. The van der Waals surface area contributed by atoms with Crippen molar-refractivity contribution >= 4 is 22.6 Å². The largest absolute Gasteiger partial charge is 0.480 e. The minimum absolute atomic E-state index is 0.407. The minimum Gasteiger partial charge on any atom is -0.480 e. The van der Waals surface area contributed by atoms with E-state index in [2.05, 4.69) is 42.3 Å². The summed E-state index contributed by atoms with van der Waals surface area (Å²) in [6, 6.07) is 13.5. The van der Waals surface area contributed by atoms with Crippen LogP contribution in [0.4, 0.5) is 5.69 Å². The highest BCUT2D eigenvalue weighted by Crippen LogP contribution is 2.31. The number of carboxylic acid groups (broad SMARTS) is 1. The van der Waals surface area contributed by atoms with Crippen molar-refractivity contribution in [2.75, 3.05) is 24.5 Å². The highest BCUT2D eigenvalue weighted by molar-refractivity contribution is 5.88. The Hall–Kier alpha value is -3.78. The molecule has 1 atom stereocenters. The molecule has 3 aromatic heterocycles. The zero-order chi connectivity index (χ0) is 21.4. The molecule has 0 saturated carbocycles. The molecule has 1 saturated heterocycles. The van der Waals surface area contributed by atoms with Crippen LogP contribution in [0.25, 0.3) is 33.5 Å². The number of fused-ring (bicyclic) bond motifs is 1. The highest BCUT2D eigenvalue weighted by atomic mass is 16.4. The lowest BCUT2D eigenvalue weighted by Gasteiger charge is -2.33. The Kier molecular flexibility index (Phi) is 4.83. The first-order valence-electron chi connectivity index (χ1n) is 10.2. The quantitative estimate of drug-likeness (QED) is 0.471. The van der Waals surface area contributed by atoms with Crippen molar-refractivity contribution in [2.45, 2.75) is 13.0 Å². The summed E-state index contributed by atoms with van der Waals surface area (Å²) < 4.78 is 0. The van der Waals surface area contributed by atoms with Gasteiger partial charge in [0, 0.05) is 36.3 Å². The van der Waals surface area contributed by atoms with Crippen LogP contribution in [0.3, 0.4) is 0 Å². The number of aliphatic carboxylic acids is 1. The fourth-order valence-electron chi connectivity index (χ4n) is 3.98. The van der Waals surface area contributed by atoms with E-state index in [0.717, 1.165) is 51.5 Å². The van der Waals surface area contributed by atoms with E-state index in [1.165, 1.54) is 0 Å². The Labute approximate surface area is 179 Å². The molecule has 1 aliphatic rings. The van der Waals surface area contributed by atoms with E-state index in [-0.39, 0.29) is 0 Å². The Morgan fingerprint density at radius 1 is 1.19 bits per heavy atom. The van der Waals surface area contributed by atoms with Crippen molar-refractivity contribution in [1.29, 1.82) is 0 Å². The Balaban J connectivity index is 1.51. The summed E-state index contributed by atoms with van der Waals surface area (Å²) in [4.78, 5) is 30.4. The van der Waals surface area contributed by atoms with Gasteiger partial charge in [-0.15, -0.1) is 0 Å². The third-order valence-corrected chi connectivity index (χ3v) is 5.56. The average Bonchev–Trinajstić information content (AvgIpc) is 3.28. The maximum absolute atomic E-state index is 11.4. The van der Waals surface area contributed by atoms with Gasteiger partial charge in [0.25, 0.3) is 0 Å². The van der Waals surface area contributed by atoms with Crippen molar-refractivity contribution in [3.63, 3.8) is 0 Å². The number of aryl methyl sites for hydroxylation is 1. The maximum Gasteiger partial charge on any atom is 0.322 e. The first kappa shape index (κ1) is 19.2. The molecule has 3 N–H and O–H groups in total. The van der Waals surface area contributed by atoms with Crippen LogP contribution in [-0.2, 0) is 4.79 Å². The predicted molar refractivity (Wildman–Crippen MR) is 119 cm³/mol. The molecule has 4 aromatic rings. The van der Waals surface area contributed by atoms with E-state index in [9.17, 15) is 9.90 Å². The summed E-state index contributed by atoms with van der Waals surface area (Å²) in [5.74, 6) is -0.837. The molecule has 8 heteroatoms. The number of pyridine rings is 2. The summed E-state index contributed by atoms with van der Waals surface area (Å²) in [6.07, 6.45) is 3.49. The third-order valence-electron chi connectivity index (χ3n) is 5.56. The molecule has 0 radical (unpaired) electrons. The second-order valence-corrected chi connectivity index (χ2v) is 7.68. The number of hydrogen-bond acceptors (Lipinski definition) is 6. The lowest BCUT2D eigenvalue weighted by molar-refractivity contribution is -0.139. The summed E-state index contributed by atoms with van der Waals surface area (Å²) in [5.41, 5.74) is 6.26. The molecule has 5 rings (SSSR count). The van der Waals surface area contributed by atoms with Gasteiger partial charge >= 0.3 is 5.97 Å². The fourth-order valence-corrected chi connectivity index (χ4v) is 3.98. The van der Waals surface area contributed by atoms with Gasteiger partial charge in [-0.2, -0.15) is 0 Å². The van der Waals surface area contributed by atoms with E-state index < -0.39 is 12.0 Å². The number of anilines is 1. The van der Waals surface area contributed by atoms with Crippen LogP contribution in [0.5, 0.6) is 0 Å². The average molecular weight is 414 g/mol. The first-order valence-corrected chi connectivity index (χ1v) is 10.2. The van der Waals surface area contributed by atoms with Gasteiger partial charge < -0.3 is 20.3 Å². The summed E-state index contributed by atoms with van der Waals surface area (Å²) in [7, 11) is 0. The number of imidazole rings is 1. The van der Waals surface area contributed by atoms with Crippen LogP contribution in [0.15, 0.2) is 55.0 Å². The Bertz CT molecular complexity index is 1270. The zero-order valence-electron chi connectivity index (χ0n) is 17.0. The molecule has 1 aromatic carbocycles. The summed E-state index contributed by atoms with van der Waals surface area (Å²) in [5, 5.41) is 13.3. The van der Waals surface area contributed by atoms with E-state index in [0.29, 0.717) is 13.1 Å². The molecule has 0 spiro atoms. The first-order chi connectivity index (χ1) is 15.1. The number of carboxylic acids is 1. The molecule has 4 heterocycles. The Morgan fingerprint density at radius 3 is 2.94 bits per heavy atom. The van der Waals surface area contributed by atoms with E-state index in [4.69, 9.17) is 0 Å². The molecular formula is C23H22N6O2. The van der Waals surface area contributed by atoms with Crippen LogP contribution < -0.4 is 10.2 Å². The number of carbonyl (C=O) groups is 1. The monoisotopic (exact) mass is 414 g/mol. The number of nitrogens with zero attached hydrogens (tertiary/aromatic N) is 4. The lowest BCUT2D eigenvalue weighted by Crippen LogP contribution is -2.54. The highest BCUT2D eigenvalue weighted by Gasteiger charge is 2.25. The van der Waals surface area contributed by atoms with Crippen LogP contribution in [0, 0.1) is 6.92 Å². The molecule has 31 heavy (non-hydrogen) atoms. The maximum atomic E-state index is 11.4. The van der Waals surface area contributed by atoms with Crippen molar-refractivity contribution in [2.24, 2.45) is 0 Å². The van der Waals surface area contributed by atoms with Crippen molar-refractivity contribution in [1.82, 2.24) is 25.3 Å². The molecule has 0 amide bonds. The van der Waals surface area contributed by atoms with Gasteiger partial charge in [-0.05, 0) is 37.3 Å². The smallest absolute Gasteiger partial charge is 0.322 e. The van der Waals surface area contributed by atoms with E-state index >= 15 is 0 Å². The number of H-pyrrole nitrogens is 1. The molecule has 1 aliphatic heterocycles. The van der Waals surface area contributed by atoms with Gasteiger partial charge in [0.15, 0.2) is 0 Å². The second kappa shape index (κ2) is 7.81. The van der Waals surface area contributed by atoms with Crippen LogP contribution >= 0.6 is 0 Å². The number of rotatable bonds is 4. The number of aromatic amines is 1. The van der Waals surface area contributed by atoms with Crippen molar-refractivity contribution < 1.29 is 9.90 Å². The Morgan fingerprint density at radius 2 is 2.10 bits per heavy atom. The fraction of sp³-hybridized carbons (Fsp3) is 0.217. The van der Waals surface area contributed by atoms with Gasteiger partial charge in [0.2, 0.25) is 0 Å². The van der Waals surface area contributed by atoms with Gasteiger partial charge in [0.05, 0.1) is 40.8 Å². The number of benzene rings is 1. The molecule has 0 unspecified atom stereocenters. The van der Waals surface area contributed by atoms with Gasteiger partial charge in [-0.3, -0.25) is 14.8 Å². The standard InChI is InChI=1S/C23H22N6O2/c1-14-3-2-4-19(28-14)22-21(26-13-27-22)15-5-6-18-16(9-15)10-17(11-25-18)29-8-7-24-20(12-29)23(30)31/h2-6,9-11,13,20,24H,7-8,12H2,1H3,(H,26,27)(H,30,31)/t20-/m0/s1. The van der Waals surface area contributed by atoms with Gasteiger partial charge in [-0.1, -0.05) is 12.1 Å². The summed E-state index contributed by atoms with van der Waals surface area (Å²) in [6.45, 7) is 3.73. The molecule has 0 aliphatic carbocycles. The topological polar surface area (TPSA) is 107 Å². The normalized spacial score (nSPS) is 16.5. The molecule has 156 valence electrons. The molecule has 8 nitrogen and oxygen atoms in total. The number of nitrogens with one attached hydrogen (secondary N) is 2. The molecular weight excluding hydrogens is 392 g/mol. The van der Waals surface area contributed by atoms with Crippen LogP contribution in [0.2, 0.25) is 0 Å². The van der Waals surface area contributed by atoms with Crippen LogP contribution in [-0.4, -0.2) is 56.7 Å². The molecule has 0 bridgehead atoms. The van der Waals surface area contributed by atoms with E-state index in [1.54, 1.807) is 6.33 Å². The zero-order valence-corrected chi connectivity index (χ0v) is 17.0. The van der Waals surface area contributed by atoms with Crippen LogP contribution in [0.1, 0.15) is 5.69 Å². The number of piperazine rings is 1. The SMILES string of the molecule is Cc1cccc(-c2[nH]cnc2-c2ccc3ncc(N4CCN[C@H](C(=O)O)C4)cc3c2)n1. The summed E-state index contributed by atoms with van der Waals surface area (Å²) >= 11 is 0. The van der Waals surface area contributed by atoms with Crippen molar-refractivity contribution in [3.8, 4) is 22.6 Å². The minimum atomic E-state index is -0.837. The van der Waals surface area contributed by atoms with Crippen molar-refractivity contribution in [3.05, 3.63) is 60.7 Å². The second-order valence-electron chi connectivity index (χ2n) is 7.68. The third kappa shape index (κ3) is 3.73. The van der Waals surface area contributed by atoms with Gasteiger partial charge in [0.1, 0.15) is 6.04 Å².